The van der Waals surface area contributed by atoms with Crippen molar-refractivity contribution in [3.63, 3.8) is 0 Å². The number of para-hydroxylation sites is 1. The first-order valence-corrected chi connectivity index (χ1v) is 8.87. The lowest BCUT2D eigenvalue weighted by Crippen LogP contribution is -2.41. The van der Waals surface area contributed by atoms with Crippen LogP contribution in [0.4, 0.5) is 0 Å². The zero-order valence-electron chi connectivity index (χ0n) is 12.6. The van der Waals surface area contributed by atoms with Crippen molar-refractivity contribution in [2.24, 2.45) is 0 Å². The van der Waals surface area contributed by atoms with E-state index in [0.29, 0.717) is 5.92 Å². The quantitative estimate of drug-likeness (QED) is 0.940. The lowest BCUT2D eigenvalue weighted by atomic mass is 9.93. The number of carbonyl (C=O) groups excluding carboxylic acids is 1. The highest BCUT2D eigenvalue weighted by Crippen LogP contribution is 2.30. The Kier molecular flexibility index (Phi) is 4.24. The predicted octanol–water partition coefficient (Wildman–Crippen LogP) is 3.63. The van der Waals surface area contributed by atoms with Gasteiger partial charge in [0.05, 0.1) is 5.25 Å². The molecular formula is C17H22N2OS. The number of carbonyl (C=O) groups is 1. The number of aromatic nitrogens is 1. The highest BCUT2D eigenvalue weighted by Gasteiger charge is 2.26. The van der Waals surface area contributed by atoms with E-state index in [1.165, 1.54) is 16.6 Å². The number of fused-ring (bicyclic) bond motifs is 1. The number of hydrogen-bond donors (Lipinski definition) is 1. The zero-order valence-corrected chi connectivity index (χ0v) is 13.5. The third-order valence-corrected chi connectivity index (χ3v) is 5.41. The number of amides is 1. The molecule has 1 aliphatic heterocycles. The van der Waals surface area contributed by atoms with Gasteiger partial charge in [-0.05, 0) is 43.5 Å². The van der Waals surface area contributed by atoms with Crippen molar-refractivity contribution in [3.05, 3.63) is 36.0 Å². The van der Waals surface area contributed by atoms with Gasteiger partial charge < -0.3 is 9.88 Å². The van der Waals surface area contributed by atoms with Crippen molar-refractivity contribution in [2.75, 3.05) is 19.3 Å². The summed E-state index contributed by atoms with van der Waals surface area (Å²) in [5, 5.41) is 1.36. The van der Waals surface area contributed by atoms with Crippen molar-refractivity contribution < 1.29 is 4.79 Å². The second kappa shape index (κ2) is 6.14. The molecular weight excluding hydrogens is 280 g/mol. The van der Waals surface area contributed by atoms with Gasteiger partial charge in [0.25, 0.3) is 0 Å². The fourth-order valence-electron chi connectivity index (χ4n) is 3.08. The standard InChI is InChI=1S/C17H22N2OS/c1-12(21-2)17(20)19-9-7-13(8-10-19)16-11-14-5-3-4-6-15(14)18-16/h3-6,11-13,18H,7-10H2,1-2H3/t12-/m0/s1. The molecule has 0 radical (unpaired) electrons. The molecule has 0 saturated carbocycles. The van der Waals surface area contributed by atoms with Gasteiger partial charge in [-0.25, -0.2) is 0 Å². The van der Waals surface area contributed by atoms with Gasteiger partial charge in [-0.1, -0.05) is 18.2 Å². The summed E-state index contributed by atoms with van der Waals surface area (Å²) < 4.78 is 0. The van der Waals surface area contributed by atoms with Crippen LogP contribution in [0, 0.1) is 0 Å². The summed E-state index contributed by atoms with van der Waals surface area (Å²) in [7, 11) is 0. The van der Waals surface area contributed by atoms with Crippen LogP contribution in [0.25, 0.3) is 10.9 Å². The molecule has 0 spiro atoms. The van der Waals surface area contributed by atoms with Crippen molar-refractivity contribution in [1.29, 1.82) is 0 Å². The van der Waals surface area contributed by atoms with Crippen molar-refractivity contribution in [3.8, 4) is 0 Å². The van der Waals surface area contributed by atoms with Gasteiger partial charge >= 0.3 is 0 Å². The Morgan fingerprint density at radius 3 is 2.71 bits per heavy atom. The van der Waals surface area contributed by atoms with Gasteiger partial charge in [-0.2, -0.15) is 11.8 Å². The van der Waals surface area contributed by atoms with Crippen LogP contribution >= 0.6 is 11.8 Å². The number of thioether (sulfide) groups is 1. The van der Waals surface area contributed by atoms with Crippen LogP contribution in [0.2, 0.25) is 0 Å². The Morgan fingerprint density at radius 1 is 1.33 bits per heavy atom. The molecule has 1 atom stereocenters. The van der Waals surface area contributed by atoms with Gasteiger partial charge in [0, 0.05) is 30.2 Å². The van der Waals surface area contributed by atoms with Crippen molar-refractivity contribution >= 4 is 28.6 Å². The first-order chi connectivity index (χ1) is 10.2. The van der Waals surface area contributed by atoms with E-state index in [2.05, 4.69) is 35.3 Å². The number of benzene rings is 1. The molecule has 0 unspecified atom stereocenters. The largest absolute Gasteiger partial charge is 0.358 e. The average molecular weight is 302 g/mol. The normalized spacial score (nSPS) is 18.1. The van der Waals surface area contributed by atoms with Crippen molar-refractivity contribution in [2.45, 2.75) is 30.9 Å². The molecule has 2 heterocycles. The SMILES string of the molecule is CS[C@@H](C)C(=O)N1CCC(c2cc3ccccc3[nH]2)CC1. The van der Waals surface area contributed by atoms with E-state index in [0.717, 1.165) is 25.9 Å². The summed E-state index contributed by atoms with van der Waals surface area (Å²) >= 11 is 1.63. The van der Waals surface area contributed by atoms with E-state index in [1.807, 2.05) is 18.1 Å². The summed E-state index contributed by atoms with van der Waals surface area (Å²) in [6.07, 6.45) is 4.11. The third-order valence-electron chi connectivity index (χ3n) is 4.50. The van der Waals surface area contributed by atoms with Crippen LogP contribution in [-0.4, -0.2) is 40.4 Å². The summed E-state index contributed by atoms with van der Waals surface area (Å²) in [5.41, 5.74) is 2.53. The third kappa shape index (κ3) is 2.95. The second-order valence-electron chi connectivity index (χ2n) is 5.79. The molecule has 1 aromatic carbocycles. The number of piperidine rings is 1. The topological polar surface area (TPSA) is 36.1 Å². The van der Waals surface area contributed by atoms with Gasteiger partial charge in [-0.15, -0.1) is 0 Å². The molecule has 1 amide bonds. The molecule has 1 N–H and O–H groups in total. The molecule has 1 saturated heterocycles. The Morgan fingerprint density at radius 2 is 2.05 bits per heavy atom. The molecule has 2 aromatic rings. The molecule has 0 aliphatic carbocycles. The molecule has 1 aliphatic rings. The predicted molar refractivity (Wildman–Crippen MR) is 89.8 cm³/mol. The van der Waals surface area contributed by atoms with Gasteiger partial charge in [0.15, 0.2) is 0 Å². The average Bonchev–Trinajstić information content (AvgIpc) is 2.97. The monoisotopic (exact) mass is 302 g/mol. The Bertz CT molecular complexity index is 596. The lowest BCUT2D eigenvalue weighted by molar-refractivity contribution is -0.131. The van der Waals surface area contributed by atoms with E-state index in [9.17, 15) is 4.79 Å². The van der Waals surface area contributed by atoms with Crippen LogP contribution in [0.3, 0.4) is 0 Å². The minimum absolute atomic E-state index is 0.0784. The maximum Gasteiger partial charge on any atom is 0.235 e. The number of likely N-dealkylation sites (tertiary alicyclic amines) is 1. The van der Waals surface area contributed by atoms with Crippen LogP contribution in [0.1, 0.15) is 31.4 Å². The molecule has 1 aromatic heterocycles. The van der Waals surface area contributed by atoms with E-state index in [1.54, 1.807) is 11.8 Å². The molecule has 3 rings (SSSR count). The number of aromatic amines is 1. The first kappa shape index (κ1) is 14.5. The number of hydrogen-bond acceptors (Lipinski definition) is 2. The summed E-state index contributed by atoms with van der Waals surface area (Å²) in [5.74, 6) is 0.837. The maximum atomic E-state index is 12.2. The summed E-state index contributed by atoms with van der Waals surface area (Å²) in [6, 6.07) is 10.7. The number of H-pyrrole nitrogens is 1. The van der Waals surface area contributed by atoms with Crippen LogP contribution in [-0.2, 0) is 4.79 Å². The fraction of sp³-hybridized carbons (Fsp3) is 0.471. The molecule has 3 nitrogen and oxygen atoms in total. The van der Waals surface area contributed by atoms with E-state index < -0.39 is 0 Å². The van der Waals surface area contributed by atoms with Crippen molar-refractivity contribution in [1.82, 2.24) is 9.88 Å². The Balaban J connectivity index is 1.67. The second-order valence-corrected chi connectivity index (χ2v) is 6.97. The Labute approximate surface area is 130 Å². The van der Waals surface area contributed by atoms with Crippen LogP contribution in [0.15, 0.2) is 30.3 Å². The number of rotatable bonds is 3. The molecule has 112 valence electrons. The van der Waals surface area contributed by atoms with E-state index >= 15 is 0 Å². The zero-order chi connectivity index (χ0) is 14.8. The first-order valence-electron chi connectivity index (χ1n) is 7.58. The molecule has 4 heteroatoms. The van der Waals surface area contributed by atoms with E-state index in [-0.39, 0.29) is 11.2 Å². The Hall–Kier alpha value is -1.42. The smallest absolute Gasteiger partial charge is 0.235 e. The summed E-state index contributed by atoms with van der Waals surface area (Å²) in [4.78, 5) is 17.8. The minimum Gasteiger partial charge on any atom is -0.358 e. The maximum absolute atomic E-state index is 12.2. The fourth-order valence-corrected chi connectivity index (χ4v) is 3.44. The van der Waals surface area contributed by atoms with Crippen LogP contribution < -0.4 is 0 Å². The van der Waals surface area contributed by atoms with E-state index in [4.69, 9.17) is 0 Å². The highest BCUT2D eigenvalue weighted by molar-refractivity contribution is 7.99. The lowest BCUT2D eigenvalue weighted by Gasteiger charge is -2.33. The number of nitrogens with one attached hydrogen (secondary N) is 1. The minimum atomic E-state index is 0.0784. The van der Waals surface area contributed by atoms with Crippen LogP contribution in [0.5, 0.6) is 0 Å². The summed E-state index contributed by atoms with van der Waals surface area (Å²) in [6.45, 7) is 3.75. The molecule has 21 heavy (non-hydrogen) atoms. The van der Waals surface area contributed by atoms with Gasteiger partial charge in [0.1, 0.15) is 0 Å². The molecule has 0 bridgehead atoms. The number of nitrogens with zero attached hydrogens (tertiary/aromatic N) is 1. The highest BCUT2D eigenvalue weighted by atomic mass is 32.2. The van der Waals surface area contributed by atoms with Gasteiger partial charge in [-0.3, -0.25) is 4.79 Å². The van der Waals surface area contributed by atoms with Gasteiger partial charge in [0.2, 0.25) is 5.91 Å². The molecule has 1 fully saturated rings.